The Balaban J connectivity index is 2.44. The van der Waals surface area contributed by atoms with Gasteiger partial charge in [0, 0.05) is 20.5 Å². The molecule has 2 rings (SSSR count). The number of carbonyl (C=O) groups excluding carboxylic acids is 1. The Hall–Kier alpha value is -1.50. The van der Waals surface area contributed by atoms with Crippen LogP contribution < -0.4 is 5.32 Å². The molecule has 0 aliphatic carbocycles. The van der Waals surface area contributed by atoms with Gasteiger partial charge in [-0.15, -0.1) is 0 Å². The predicted molar refractivity (Wildman–Crippen MR) is 102 cm³/mol. The third-order valence-corrected chi connectivity index (χ3v) is 5.57. The van der Waals surface area contributed by atoms with E-state index >= 15 is 0 Å². The van der Waals surface area contributed by atoms with Gasteiger partial charge in [0.25, 0.3) is 5.79 Å². The molecule has 0 radical (unpaired) electrons. The first-order chi connectivity index (χ1) is 15.4. The topological polar surface area (TPSA) is 245 Å². The lowest BCUT2D eigenvalue weighted by atomic mass is 9.94. The molecule has 0 aromatic carbocycles. The van der Waals surface area contributed by atoms with Crippen LogP contribution in [0.5, 0.6) is 0 Å². The molecule has 0 unspecified atom stereocenters. The zero-order chi connectivity index (χ0) is 25.1. The second kappa shape index (κ2) is 11.3. The lowest BCUT2D eigenvalue weighted by Crippen LogP contribution is -2.70. The first-order valence-electron chi connectivity index (χ1n) is 10.1. The van der Waals surface area contributed by atoms with Crippen LogP contribution in [0.4, 0.5) is 0 Å². The number of carbonyl (C=O) groups is 2. The van der Waals surface area contributed by atoms with Crippen molar-refractivity contribution in [1.29, 1.82) is 0 Å². The van der Waals surface area contributed by atoms with Gasteiger partial charge in [-0.2, -0.15) is 0 Å². The summed E-state index contributed by atoms with van der Waals surface area (Å²) in [7, 11) is 1.14. The molecule has 2 aliphatic heterocycles. The van der Waals surface area contributed by atoms with Crippen molar-refractivity contribution < 1.29 is 69.4 Å². The number of hydrogen-bond acceptors (Lipinski definition) is 13. The molecule has 0 aromatic rings. The molecule has 0 bridgehead atoms. The second-order valence-electron chi connectivity index (χ2n) is 7.90. The molecule has 1 amide bonds. The lowest BCUT2D eigenvalue weighted by molar-refractivity contribution is -0.368. The van der Waals surface area contributed by atoms with Crippen molar-refractivity contribution in [1.82, 2.24) is 5.32 Å². The summed E-state index contributed by atoms with van der Waals surface area (Å²) in [5, 5.41) is 82.6. The Morgan fingerprint density at radius 3 is 2.30 bits per heavy atom. The SMILES string of the molecule is CO[C@@H]1O[C@H]([13CH2]O)[C@H](O)[C@H](O[C@]2(C(=O)O)[13CH2][C@H](O)[C@@H](NC(C)=O)[C@H]([C@H](O)[C@H](O)CO)O2)[C@H]1O. The van der Waals surface area contributed by atoms with Crippen LogP contribution in [0.1, 0.15) is 13.3 Å². The molecule has 9 N–H and O–H groups in total. The van der Waals surface area contributed by atoms with E-state index in [1.54, 1.807) is 0 Å². The van der Waals surface area contributed by atoms with Gasteiger partial charge in [0.1, 0.15) is 42.7 Å². The standard InChI is InChI=1S/C18H31NO14/c1-6(22)19-10-7(23)3-18(17(28)29,32-14(10)11(25)8(24)4-20)33-15-12(26)9(5-21)31-16(30-2)13(15)27/h7-16,20-21,23-27H,3-5H2,1-2H3,(H,19,22)(H,28,29)/t7-,8+,9+,10+,11+,12-,13+,14+,15-,16+,18-/m0/s1/i3+1,5+1. The van der Waals surface area contributed by atoms with Gasteiger partial charge in [-0.3, -0.25) is 4.79 Å². The third kappa shape index (κ3) is 5.77. The maximum atomic E-state index is 12.2. The number of aliphatic hydroxyl groups is 7. The van der Waals surface area contributed by atoms with Gasteiger partial charge >= 0.3 is 5.97 Å². The minimum atomic E-state index is -2.81. The minimum Gasteiger partial charge on any atom is -0.477 e. The van der Waals surface area contributed by atoms with Crippen LogP contribution in [0.3, 0.4) is 0 Å². The number of rotatable bonds is 9. The van der Waals surface area contributed by atoms with Crippen LogP contribution in [0.15, 0.2) is 0 Å². The number of carboxylic acids is 1. The van der Waals surface area contributed by atoms with Crippen molar-refractivity contribution in [3.63, 3.8) is 0 Å². The molecule has 2 heterocycles. The molecule has 0 aromatic heterocycles. The van der Waals surface area contributed by atoms with Gasteiger partial charge < -0.3 is 65.1 Å². The number of carboxylic acid groups (broad SMARTS) is 1. The fraction of sp³-hybridized carbons (Fsp3) is 0.889. The highest BCUT2D eigenvalue weighted by Crippen LogP contribution is 2.37. The maximum absolute atomic E-state index is 12.2. The van der Waals surface area contributed by atoms with Crippen LogP contribution in [0.2, 0.25) is 0 Å². The second-order valence-corrected chi connectivity index (χ2v) is 7.90. The van der Waals surface area contributed by atoms with E-state index in [0.717, 1.165) is 14.0 Å². The summed E-state index contributed by atoms with van der Waals surface area (Å²) in [6.45, 7) is -0.620. The number of hydrogen-bond donors (Lipinski definition) is 9. The Morgan fingerprint density at radius 1 is 1.18 bits per heavy atom. The number of nitrogens with one attached hydrogen (secondary N) is 1. The van der Waals surface area contributed by atoms with Gasteiger partial charge in [0.15, 0.2) is 6.29 Å². The maximum Gasteiger partial charge on any atom is 0.364 e. The van der Waals surface area contributed by atoms with Crippen molar-refractivity contribution in [2.24, 2.45) is 0 Å². The zero-order valence-corrected chi connectivity index (χ0v) is 17.9. The average Bonchev–Trinajstić information content (AvgIpc) is 2.77. The lowest BCUT2D eigenvalue weighted by Gasteiger charge is -2.49. The molecule has 15 heteroatoms. The number of amides is 1. The number of aliphatic hydroxyl groups excluding tert-OH is 7. The largest absolute Gasteiger partial charge is 0.477 e. The average molecular weight is 487 g/mol. The molecule has 0 saturated carbocycles. The van der Waals surface area contributed by atoms with E-state index < -0.39 is 98.5 Å². The summed E-state index contributed by atoms with van der Waals surface area (Å²) >= 11 is 0. The van der Waals surface area contributed by atoms with Crippen LogP contribution in [0, 0.1) is 0 Å². The molecule has 2 saturated heterocycles. The molecule has 192 valence electrons. The Labute approximate surface area is 188 Å². The van der Waals surface area contributed by atoms with Gasteiger partial charge in [0.05, 0.1) is 25.4 Å². The Morgan fingerprint density at radius 2 is 1.82 bits per heavy atom. The molecular weight excluding hydrogens is 456 g/mol. The third-order valence-electron chi connectivity index (χ3n) is 5.57. The minimum absolute atomic E-state index is 0.675. The predicted octanol–water partition coefficient (Wildman–Crippen LogP) is -5.39. The van der Waals surface area contributed by atoms with Crippen LogP contribution in [-0.4, -0.2) is 140 Å². The Kier molecular flexibility index (Phi) is 9.49. The molecule has 15 nitrogen and oxygen atoms in total. The summed E-state index contributed by atoms with van der Waals surface area (Å²) in [5.41, 5.74) is 0. The summed E-state index contributed by atoms with van der Waals surface area (Å²) in [6.07, 6.45) is -16.3. The van der Waals surface area contributed by atoms with Crippen LogP contribution in [0.25, 0.3) is 0 Å². The highest BCUT2D eigenvalue weighted by atomic mass is 16.8. The molecular formula is C18H31NO14. The van der Waals surface area contributed by atoms with Crippen molar-refractivity contribution in [3.05, 3.63) is 0 Å². The summed E-state index contributed by atoms with van der Waals surface area (Å²) < 4.78 is 21.0. The number of ether oxygens (including phenoxy) is 4. The summed E-state index contributed by atoms with van der Waals surface area (Å²) in [6, 6.07) is -1.42. The monoisotopic (exact) mass is 487 g/mol. The quantitative estimate of drug-likeness (QED) is 0.138. The summed E-state index contributed by atoms with van der Waals surface area (Å²) in [4.78, 5) is 23.8. The van der Waals surface area contributed by atoms with E-state index in [9.17, 15) is 50.4 Å². The molecule has 11 atom stereocenters. The van der Waals surface area contributed by atoms with Gasteiger partial charge in [0.2, 0.25) is 5.91 Å². The van der Waals surface area contributed by atoms with E-state index in [4.69, 9.17) is 18.9 Å². The van der Waals surface area contributed by atoms with E-state index in [1.807, 2.05) is 0 Å². The van der Waals surface area contributed by atoms with Crippen molar-refractivity contribution >= 4 is 11.9 Å². The van der Waals surface area contributed by atoms with E-state index in [1.165, 1.54) is 0 Å². The van der Waals surface area contributed by atoms with Crippen molar-refractivity contribution in [2.75, 3.05) is 20.3 Å². The van der Waals surface area contributed by atoms with Gasteiger partial charge in [-0.05, 0) is 0 Å². The first-order valence-corrected chi connectivity index (χ1v) is 10.1. The number of methoxy groups -OCH3 is 1. The fourth-order valence-corrected chi connectivity index (χ4v) is 3.86. The van der Waals surface area contributed by atoms with Crippen LogP contribution >= 0.6 is 0 Å². The molecule has 2 fully saturated rings. The fourth-order valence-electron chi connectivity index (χ4n) is 3.86. The van der Waals surface area contributed by atoms with Crippen molar-refractivity contribution in [2.45, 2.75) is 80.3 Å². The van der Waals surface area contributed by atoms with E-state index in [2.05, 4.69) is 5.32 Å². The smallest absolute Gasteiger partial charge is 0.364 e. The van der Waals surface area contributed by atoms with Crippen molar-refractivity contribution in [3.8, 4) is 0 Å². The first kappa shape index (κ1) is 27.7. The van der Waals surface area contributed by atoms with Gasteiger partial charge in [-0.25, -0.2) is 4.79 Å². The molecule has 33 heavy (non-hydrogen) atoms. The Bertz CT molecular complexity index is 665. The normalized spacial score (nSPS) is 41.2. The van der Waals surface area contributed by atoms with E-state index in [0.29, 0.717) is 0 Å². The highest BCUT2D eigenvalue weighted by Gasteiger charge is 2.59. The van der Waals surface area contributed by atoms with Crippen LogP contribution in [-0.2, 0) is 28.5 Å². The zero-order valence-electron chi connectivity index (χ0n) is 17.9. The number of aliphatic carboxylic acids is 1. The molecule has 0 spiro atoms. The highest BCUT2D eigenvalue weighted by molar-refractivity contribution is 5.76. The van der Waals surface area contributed by atoms with E-state index in [-0.39, 0.29) is 0 Å². The molecule has 2 aliphatic rings. The summed E-state index contributed by atoms with van der Waals surface area (Å²) in [5.74, 6) is -5.32. The van der Waals surface area contributed by atoms with Gasteiger partial charge in [-0.1, -0.05) is 0 Å².